The number of carbonyl (C=O) groups is 1. The summed E-state index contributed by atoms with van der Waals surface area (Å²) in [6.07, 6.45) is 1.87. The molecule has 0 unspecified atom stereocenters. The molecular weight excluding hydrogens is 300 g/mol. The van der Waals surface area contributed by atoms with Crippen LogP contribution in [0.25, 0.3) is 0 Å². The molecule has 0 atom stereocenters. The van der Waals surface area contributed by atoms with Crippen molar-refractivity contribution in [2.24, 2.45) is 0 Å². The van der Waals surface area contributed by atoms with Crippen LogP contribution in [0.4, 0.5) is 11.5 Å². The van der Waals surface area contributed by atoms with Crippen molar-refractivity contribution >= 4 is 17.4 Å². The van der Waals surface area contributed by atoms with Gasteiger partial charge in [0.15, 0.2) is 11.5 Å². The van der Waals surface area contributed by atoms with Crippen LogP contribution in [0.3, 0.4) is 0 Å². The van der Waals surface area contributed by atoms with E-state index in [9.17, 15) is 4.79 Å². The summed E-state index contributed by atoms with van der Waals surface area (Å²) in [5, 5.41) is 11.5. The largest absolute Gasteiger partial charge is 0.339 e. The van der Waals surface area contributed by atoms with E-state index in [-0.39, 0.29) is 5.91 Å². The minimum absolute atomic E-state index is 0.0514. The molecule has 1 heterocycles. The average Bonchev–Trinajstić information content (AvgIpc) is 2.59. The molecule has 2 rings (SSSR count). The minimum atomic E-state index is -0.0514. The topological polar surface area (TPSA) is 58.1 Å². The highest BCUT2D eigenvalue weighted by atomic mass is 16.2. The molecule has 0 aliphatic carbocycles. The Labute approximate surface area is 144 Å². The Kier molecular flexibility index (Phi) is 6.29. The number of nitrogens with zero attached hydrogens (tertiary/aromatic N) is 3. The van der Waals surface area contributed by atoms with Gasteiger partial charge in [0.2, 0.25) is 0 Å². The summed E-state index contributed by atoms with van der Waals surface area (Å²) in [6, 6.07) is 9.62. The van der Waals surface area contributed by atoms with E-state index in [1.807, 2.05) is 17.0 Å². The smallest absolute Gasteiger partial charge is 0.274 e. The van der Waals surface area contributed by atoms with Gasteiger partial charge in [0.05, 0.1) is 0 Å². The van der Waals surface area contributed by atoms with E-state index in [1.165, 1.54) is 11.1 Å². The molecule has 0 radical (unpaired) electrons. The molecule has 1 amide bonds. The molecule has 1 N–H and O–H groups in total. The van der Waals surface area contributed by atoms with Gasteiger partial charge in [0.1, 0.15) is 0 Å². The maximum atomic E-state index is 12.5. The molecule has 0 spiro atoms. The number of hydrogen-bond acceptors (Lipinski definition) is 4. The maximum Gasteiger partial charge on any atom is 0.274 e. The molecule has 128 valence electrons. The van der Waals surface area contributed by atoms with E-state index in [2.05, 4.69) is 49.3 Å². The van der Waals surface area contributed by atoms with Crippen LogP contribution in [0, 0.1) is 13.8 Å². The van der Waals surface area contributed by atoms with Crippen molar-refractivity contribution in [3.63, 3.8) is 0 Å². The number of aryl methyl sites for hydroxylation is 1. The molecule has 5 heteroatoms. The fraction of sp³-hybridized carbons (Fsp3) is 0.421. The molecule has 0 aliphatic rings. The van der Waals surface area contributed by atoms with E-state index < -0.39 is 0 Å². The van der Waals surface area contributed by atoms with E-state index in [4.69, 9.17) is 0 Å². The molecule has 0 bridgehead atoms. The van der Waals surface area contributed by atoms with Gasteiger partial charge in [-0.3, -0.25) is 4.79 Å². The Morgan fingerprint density at radius 2 is 1.75 bits per heavy atom. The van der Waals surface area contributed by atoms with Gasteiger partial charge in [0.25, 0.3) is 5.91 Å². The number of rotatable bonds is 7. The van der Waals surface area contributed by atoms with E-state index in [0.717, 1.165) is 31.6 Å². The normalized spacial score (nSPS) is 10.5. The van der Waals surface area contributed by atoms with Crippen molar-refractivity contribution in [3.05, 3.63) is 47.2 Å². The lowest BCUT2D eigenvalue weighted by atomic mass is 10.1. The number of hydrogen-bond donors (Lipinski definition) is 1. The molecule has 1 aromatic heterocycles. The van der Waals surface area contributed by atoms with E-state index in [1.54, 1.807) is 12.1 Å². The SMILES string of the molecule is CCCN(CCC)C(=O)c1ccc(Nc2cccc(C)c2C)nn1. The highest BCUT2D eigenvalue weighted by Crippen LogP contribution is 2.21. The molecule has 1 aromatic carbocycles. The monoisotopic (exact) mass is 326 g/mol. The lowest BCUT2D eigenvalue weighted by molar-refractivity contribution is 0.0748. The highest BCUT2D eigenvalue weighted by Gasteiger charge is 2.16. The lowest BCUT2D eigenvalue weighted by Gasteiger charge is -2.20. The van der Waals surface area contributed by atoms with Gasteiger partial charge in [-0.1, -0.05) is 26.0 Å². The van der Waals surface area contributed by atoms with Crippen molar-refractivity contribution in [2.45, 2.75) is 40.5 Å². The molecule has 2 aromatic rings. The van der Waals surface area contributed by atoms with Crippen LogP contribution in [0.5, 0.6) is 0 Å². The van der Waals surface area contributed by atoms with E-state index in [0.29, 0.717) is 11.5 Å². The van der Waals surface area contributed by atoms with Crippen LogP contribution in [0.1, 0.15) is 48.3 Å². The summed E-state index contributed by atoms with van der Waals surface area (Å²) in [4.78, 5) is 14.3. The molecule has 0 fully saturated rings. The summed E-state index contributed by atoms with van der Waals surface area (Å²) < 4.78 is 0. The van der Waals surface area contributed by atoms with Crippen molar-refractivity contribution in [1.82, 2.24) is 15.1 Å². The van der Waals surface area contributed by atoms with Crippen LogP contribution < -0.4 is 5.32 Å². The minimum Gasteiger partial charge on any atom is -0.339 e. The number of carbonyl (C=O) groups excluding carboxylic acids is 1. The highest BCUT2D eigenvalue weighted by molar-refractivity contribution is 5.92. The standard InChI is InChI=1S/C19H26N4O/c1-5-12-23(13-6-2)19(24)17-10-11-18(22-21-17)20-16-9-7-8-14(3)15(16)4/h7-11H,5-6,12-13H2,1-4H3,(H,20,22). The van der Waals surface area contributed by atoms with Crippen LogP contribution in [0.2, 0.25) is 0 Å². The first-order valence-corrected chi connectivity index (χ1v) is 8.53. The molecule has 0 aliphatic heterocycles. The first-order chi connectivity index (χ1) is 11.6. The Hall–Kier alpha value is -2.43. The zero-order valence-electron chi connectivity index (χ0n) is 15.0. The number of benzene rings is 1. The van der Waals surface area contributed by atoms with Gasteiger partial charge in [-0.05, 0) is 56.0 Å². The van der Waals surface area contributed by atoms with Crippen molar-refractivity contribution in [2.75, 3.05) is 18.4 Å². The summed E-state index contributed by atoms with van der Waals surface area (Å²) in [5.74, 6) is 0.585. The van der Waals surface area contributed by atoms with Gasteiger partial charge in [-0.15, -0.1) is 10.2 Å². The summed E-state index contributed by atoms with van der Waals surface area (Å²) in [7, 11) is 0. The van der Waals surface area contributed by atoms with Gasteiger partial charge >= 0.3 is 0 Å². The third kappa shape index (κ3) is 4.31. The molecule has 24 heavy (non-hydrogen) atoms. The maximum absolute atomic E-state index is 12.5. The Bertz CT molecular complexity index is 676. The molecule has 5 nitrogen and oxygen atoms in total. The number of anilines is 2. The Balaban J connectivity index is 2.12. The summed E-state index contributed by atoms with van der Waals surface area (Å²) in [5.41, 5.74) is 3.79. The third-order valence-electron chi connectivity index (χ3n) is 4.03. The lowest BCUT2D eigenvalue weighted by Crippen LogP contribution is -2.33. The fourth-order valence-corrected chi connectivity index (χ4v) is 2.55. The van der Waals surface area contributed by atoms with Crippen LogP contribution in [-0.2, 0) is 0 Å². The third-order valence-corrected chi connectivity index (χ3v) is 4.03. The first-order valence-electron chi connectivity index (χ1n) is 8.53. The van der Waals surface area contributed by atoms with Crippen LogP contribution >= 0.6 is 0 Å². The first kappa shape index (κ1) is 17.9. The Morgan fingerprint density at radius 3 is 2.33 bits per heavy atom. The Morgan fingerprint density at radius 1 is 1.04 bits per heavy atom. The van der Waals surface area contributed by atoms with Gasteiger partial charge in [-0.2, -0.15) is 0 Å². The van der Waals surface area contributed by atoms with Crippen molar-refractivity contribution in [3.8, 4) is 0 Å². The zero-order chi connectivity index (χ0) is 17.5. The number of amides is 1. The van der Waals surface area contributed by atoms with Crippen LogP contribution in [-0.4, -0.2) is 34.1 Å². The molecule has 0 saturated carbocycles. The summed E-state index contributed by atoms with van der Waals surface area (Å²) >= 11 is 0. The quantitative estimate of drug-likeness (QED) is 0.832. The second-order valence-electron chi connectivity index (χ2n) is 5.97. The van der Waals surface area contributed by atoms with Gasteiger partial charge in [-0.25, -0.2) is 0 Å². The molecular formula is C19H26N4O. The number of nitrogens with one attached hydrogen (secondary N) is 1. The van der Waals surface area contributed by atoms with Gasteiger partial charge < -0.3 is 10.2 Å². The predicted molar refractivity (Wildman–Crippen MR) is 97.7 cm³/mol. The average molecular weight is 326 g/mol. The molecule has 0 saturated heterocycles. The number of aromatic nitrogens is 2. The second-order valence-corrected chi connectivity index (χ2v) is 5.97. The van der Waals surface area contributed by atoms with Crippen molar-refractivity contribution in [1.29, 1.82) is 0 Å². The van der Waals surface area contributed by atoms with Crippen LogP contribution in [0.15, 0.2) is 30.3 Å². The van der Waals surface area contributed by atoms with Crippen molar-refractivity contribution < 1.29 is 4.79 Å². The zero-order valence-corrected chi connectivity index (χ0v) is 15.0. The fourth-order valence-electron chi connectivity index (χ4n) is 2.55. The van der Waals surface area contributed by atoms with E-state index >= 15 is 0 Å². The predicted octanol–water partition coefficient (Wildman–Crippen LogP) is 4.10. The second kappa shape index (κ2) is 8.43. The summed E-state index contributed by atoms with van der Waals surface area (Å²) in [6.45, 7) is 9.77. The van der Waals surface area contributed by atoms with Gasteiger partial charge in [0, 0.05) is 18.8 Å².